The van der Waals surface area contributed by atoms with Crippen molar-refractivity contribution < 1.29 is 14.7 Å². The lowest BCUT2D eigenvalue weighted by molar-refractivity contribution is -0.141. The maximum atomic E-state index is 11.9. The molecule has 2 unspecified atom stereocenters. The number of benzene rings is 1. The zero-order valence-electron chi connectivity index (χ0n) is 12.4. The Hall–Kier alpha value is -1.55. The molecule has 0 fully saturated rings. The highest BCUT2D eigenvalue weighted by atomic mass is 35.5. The predicted octanol–water partition coefficient (Wildman–Crippen LogP) is 3.28. The van der Waals surface area contributed by atoms with Crippen LogP contribution in [0.25, 0.3) is 0 Å². The molecule has 0 aliphatic heterocycles. The molecule has 0 aliphatic carbocycles. The largest absolute Gasteiger partial charge is 0.481 e. The lowest BCUT2D eigenvalue weighted by atomic mass is 10.0. The van der Waals surface area contributed by atoms with Crippen molar-refractivity contribution in [3.05, 3.63) is 34.9 Å². The van der Waals surface area contributed by atoms with E-state index in [0.29, 0.717) is 11.4 Å². The van der Waals surface area contributed by atoms with E-state index in [1.165, 1.54) is 0 Å². The molecule has 116 valence electrons. The summed E-state index contributed by atoms with van der Waals surface area (Å²) in [6.07, 6.45) is 2.43. The molecular formula is C16H22ClNO3. The van der Waals surface area contributed by atoms with Crippen molar-refractivity contribution in [1.29, 1.82) is 0 Å². The molecule has 0 radical (unpaired) electrons. The van der Waals surface area contributed by atoms with Crippen LogP contribution in [0.3, 0.4) is 0 Å². The average Bonchev–Trinajstić information content (AvgIpc) is 2.41. The van der Waals surface area contributed by atoms with Crippen molar-refractivity contribution >= 4 is 23.5 Å². The van der Waals surface area contributed by atoms with Crippen molar-refractivity contribution in [1.82, 2.24) is 5.32 Å². The van der Waals surface area contributed by atoms with Crippen molar-refractivity contribution in [3.63, 3.8) is 0 Å². The summed E-state index contributed by atoms with van der Waals surface area (Å²) in [6.45, 7) is 3.62. The van der Waals surface area contributed by atoms with E-state index in [1.54, 1.807) is 13.0 Å². The Morgan fingerprint density at radius 3 is 2.52 bits per heavy atom. The van der Waals surface area contributed by atoms with Gasteiger partial charge in [0, 0.05) is 11.1 Å². The number of nitrogens with one attached hydrogen (secondary N) is 1. The average molecular weight is 312 g/mol. The second-order valence-electron chi connectivity index (χ2n) is 5.41. The second kappa shape index (κ2) is 8.67. The Morgan fingerprint density at radius 1 is 1.24 bits per heavy atom. The summed E-state index contributed by atoms with van der Waals surface area (Å²) in [5, 5.41) is 12.3. The van der Waals surface area contributed by atoms with E-state index < -0.39 is 5.97 Å². The smallest absolute Gasteiger partial charge is 0.306 e. The van der Waals surface area contributed by atoms with Crippen LogP contribution in [0.5, 0.6) is 0 Å². The Kier molecular flexibility index (Phi) is 7.23. The first-order chi connectivity index (χ1) is 9.90. The third kappa shape index (κ3) is 6.63. The molecule has 1 aromatic rings. The van der Waals surface area contributed by atoms with E-state index >= 15 is 0 Å². The van der Waals surface area contributed by atoms with Crippen LogP contribution in [0.15, 0.2) is 24.3 Å². The molecule has 5 heteroatoms. The first-order valence-electron chi connectivity index (χ1n) is 7.15. The molecule has 0 saturated carbocycles. The van der Waals surface area contributed by atoms with Gasteiger partial charge in [0.1, 0.15) is 0 Å². The van der Waals surface area contributed by atoms with Crippen molar-refractivity contribution in [2.24, 2.45) is 5.92 Å². The minimum atomic E-state index is -0.773. The molecule has 1 amide bonds. The number of amides is 1. The standard InChI is InChI=1S/C16H22ClNO3/c1-11(16(20)21)6-5-7-12(2)18-15(19)10-13-8-3-4-9-14(13)17/h3-4,8-9,11-12H,5-7,10H2,1-2H3,(H,18,19)(H,20,21). The van der Waals surface area contributed by atoms with Crippen molar-refractivity contribution in [2.45, 2.75) is 45.6 Å². The molecule has 0 bridgehead atoms. The van der Waals surface area contributed by atoms with Gasteiger partial charge < -0.3 is 10.4 Å². The van der Waals surface area contributed by atoms with E-state index in [0.717, 1.165) is 18.4 Å². The molecule has 0 heterocycles. The van der Waals surface area contributed by atoms with Gasteiger partial charge in [0.15, 0.2) is 0 Å². The molecule has 2 N–H and O–H groups in total. The van der Waals surface area contributed by atoms with Gasteiger partial charge in [-0.1, -0.05) is 43.1 Å². The van der Waals surface area contributed by atoms with Gasteiger partial charge in [0.2, 0.25) is 5.91 Å². The van der Waals surface area contributed by atoms with Crippen molar-refractivity contribution in [3.8, 4) is 0 Å². The van der Waals surface area contributed by atoms with Gasteiger partial charge in [-0.15, -0.1) is 0 Å². The first kappa shape index (κ1) is 17.5. The second-order valence-corrected chi connectivity index (χ2v) is 5.81. The Labute approximate surface area is 130 Å². The molecule has 1 aromatic carbocycles. The van der Waals surface area contributed by atoms with Crippen LogP contribution < -0.4 is 5.32 Å². The normalized spacial score (nSPS) is 13.5. The number of hydrogen-bond donors (Lipinski definition) is 2. The number of carboxylic acids is 1. The Bertz CT molecular complexity index is 490. The molecule has 0 aliphatic rings. The summed E-state index contributed by atoms with van der Waals surface area (Å²) in [6, 6.07) is 7.31. The maximum Gasteiger partial charge on any atom is 0.306 e. The molecule has 1 rings (SSSR count). The highest BCUT2D eigenvalue weighted by Crippen LogP contribution is 2.15. The lowest BCUT2D eigenvalue weighted by Gasteiger charge is -2.15. The first-order valence-corrected chi connectivity index (χ1v) is 7.53. The minimum Gasteiger partial charge on any atom is -0.481 e. The number of carbonyl (C=O) groups excluding carboxylic acids is 1. The molecule has 2 atom stereocenters. The number of hydrogen-bond acceptors (Lipinski definition) is 2. The van der Waals surface area contributed by atoms with Crippen LogP contribution in [0, 0.1) is 5.92 Å². The van der Waals surface area contributed by atoms with E-state index in [4.69, 9.17) is 16.7 Å². The quantitative estimate of drug-likeness (QED) is 0.774. The number of halogens is 1. The van der Waals surface area contributed by atoms with Gasteiger partial charge in [-0.25, -0.2) is 0 Å². The number of carbonyl (C=O) groups is 2. The Morgan fingerprint density at radius 2 is 1.90 bits per heavy atom. The molecular weight excluding hydrogens is 290 g/mol. The summed E-state index contributed by atoms with van der Waals surface area (Å²) in [5.41, 5.74) is 0.809. The van der Waals surface area contributed by atoms with Gasteiger partial charge in [-0.05, 0) is 31.4 Å². The molecule has 0 spiro atoms. The summed E-state index contributed by atoms with van der Waals surface area (Å²) in [5.74, 6) is -1.18. The monoisotopic (exact) mass is 311 g/mol. The predicted molar refractivity (Wildman–Crippen MR) is 83.4 cm³/mol. The number of aliphatic carboxylic acids is 1. The zero-order valence-corrected chi connectivity index (χ0v) is 13.2. The summed E-state index contributed by atoms with van der Waals surface area (Å²) >= 11 is 6.02. The van der Waals surface area contributed by atoms with Gasteiger partial charge in [0.05, 0.1) is 12.3 Å². The van der Waals surface area contributed by atoms with Crippen molar-refractivity contribution in [2.75, 3.05) is 0 Å². The highest BCUT2D eigenvalue weighted by Gasteiger charge is 2.13. The lowest BCUT2D eigenvalue weighted by Crippen LogP contribution is -2.33. The number of carboxylic acid groups (broad SMARTS) is 1. The molecule has 0 aromatic heterocycles. The fourth-order valence-corrected chi connectivity index (χ4v) is 2.27. The summed E-state index contributed by atoms with van der Waals surface area (Å²) in [4.78, 5) is 22.6. The molecule has 21 heavy (non-hydrogen) atoms. The van der Waals surface area contributed by atoms with E-state index in [-0.39, 0.29) is 24.3 Å². The van der Waals surface area contributed by atoms with Gasteiger partial charge in [-0.2, -0.15) is 0 Å². The third-order valence-electron chi connectivity index (χ3n) is 3.41. The van der Waals surface area contributed by atoms with Gasteiger partial charge in [-0.3, -0.25) is 9.59 Å². The van der Waals surface area contributed by atoms with Crippen LogP contribution >= 0.6 is 11.6 Å². The van der Waals surface area contributed by atoms with E-state index in [1.807, 2.05) is 25.1 Å². The Balaban J connectivity index is 2.31. The van der Waals surface area contributed by atoms with Crippen LogP contribution in [-0.4, -0.2) is 23.0 Å². The maximum absolute atomic E-state index is 11.9. The van der Waals surface area contributed by atoms with E-state index in [2.05, 4.69) is 5.32 Å². The SMILES string of the molecule is CC(CCCC(C)C(=O)O)NC(=O)Cc1ccccc1Cl. The fraction of sp³-hybridized carbons (Fsp3) is 0.500. The van der Waals surface area contributed by atoms with Crippen LogP contribution in [0.1, 0.15) is 38.7 Å². The van der Waals surface area contributed by atoms with Gasteiger partial charge >= 0.3 is 5.97 Å². The van der Waals surface area contributed by atoms with Crippen LogP contribution in [0.2, 0.25) is 5.02 Å². The van der Waals surface area contributed by atoms with Crippen LogP contribution in [0.4, 0.5) is 0 Å². The third-order valence-corrected chi connectivity index (χ3v) is 3.78. The summed E-state index contributed by atoms with van der Waals surface area (Å²) in [7, 11) is 0. The minimum absolute atomic E-state index is 0.0287. The zero-order chi connectivity index (χ0) is 15.8. The highest BCUT2D eigenvalue weighted by molar-refractivity contribution is 6.31. The molecule has 4 nitrogen and oxygen atoms in total. The fourth-order valence-electron chi connectivity index (χ4n) is 2.07. The number of rotatable bonds is 8. The van der Waals surface area contributed by atoms with Gasteiger partial charge in [0.25, 0.3) is 0 Å². The molecule has 0 saturated heterocycles. The van der Waals surface area contributed by atoms with E-state index in [9.17, 15) is 9.59 Å². The topological polar surface area (TPSA) is 66.4 Å². The summed E-state index contributed by atoms with van der Waals surface area (Å²) < 4.78 is 0. The van der Waals surface area contributed by atoms with Crippen LogP contribution in [-0.2, 0) is 16.0 Å².